The summed E-state index contributed by atoms with van der Waals surface area (Å²) in [5.41, 5.74) is 1.54. The number of esters is 1. The third-order valence-corrected chi connectivity index (χ3v) is 6.54. The number of hydrogen-bond acceptors (Lipinski definition) is 7. The Balaban J connectivity index is 1.89. The molecular formula is C24H22FNO7S. The molecule has 2 N–H and O–H groups in total. The third kappa shape index (κ3) is 5.34. The van der Waals surface area contributed by atoms with Gasteiger partial charge >= 0.3 is 11.9 Å². The Hall–Kier alpha value is -3.92. The van der Waals surface area contributed by atoms with Gasteiger partial charge in [0.15, 0.2) is 0 Å². The Labute approximate surface area is 195 Å². The van der Waals surface area contributed by atoms with Crippen LogP contribution in [0.25, 0.3) is 0 Å². The molecule has 0 aromatic heterocycles. The largest absolute Gasteiger partial charge is 0.507 e. The van der Waals surface area contributed by atoms with Crippen LogP contribution in [-0.4, -0.2) is 32.0 Å². The fourth-order valence-electron chi connectivity index (χ4n) is 3.19. The molecule has 0 bridgehead atoms. The van der Waals surface area contributed by atoms with Gasteiger partial charge in [-0.3, -0.25) is 4.79 Å². The number of amides is 1. The summed E-state index contributed by atoms with van der Waals surface area (Å²) in [6.07, 6.45) is 0. The fourth-order valence-corrected chi connectivity index (χ4v) is 4.56. The average molecular weight is 488 g/mol. The van der Waals surface area contributed by atoms with Crippen molar-refractivity contribution in [3.63, 3.8) is 0 Å². The first-order valence-corrected chi connectivity index (χ1v) is 11.6. The third-order valence-electron chi connectivity index (χ3n) is 4.74. The summed E-state index contributed by atoms with van der Waals surface area (Å²) in [5, 5.41) is 12.6. The van der Waals surface area contributed by atoms with E-state index in [-0.39, 0.29) is 17.3 Å². The van der Waals surface area contributed by atoms with Crippen LogP contribution < -0.4 is 10.1 Å². The molecule has 0 atom stereocenters. The molecule has 10 heteroatoms. The topological polar surface area (TPSA) is 119 Å². The highest BCUT2D eigenvalue weighted by Gasteiger charge is 2.23. The minimum Gasteiger partial charge on any atom is -0.507 e. The van der Waals surface area contributed by atoms with Crippen molar-refractivity contribution < 1.29 is 37.0 Å². The van der Waals surface area contributed by atoms with Crippen LogP contribution >= 0.6 is 0 Å². The van der Waals surface area contributed by atoms with Crippen LogP contribution in [0.4, 0.5) is 10.1 Å². The molecule has 0 radical (unpaired) electrons. The Morgan fingerprint density at radius 1 is 1.00 bits per heavy atom. The molecule has 0 saturated carbocycles. The summed E-state index contributed by atoms with van der Waals surface area (Å²) in [6, 6.07) is 11.1. The van der Waals surface area contributed by atoms with E-state index in [9.17, 15) is 27.5 Å². The summed E-state index contributed by atoms with van der Waals surface area (Å²) in [4.78, 5) is 22.8. The number of benzene rings is 3. The normalized spacial score (nSPS) is 11.1. The number of rotatable bonds is 6. The SMILES string of the molecule is CCOC(=O)C(=O)Nc1cc(C)c(Oc2ccc(O)c(S(=O)(=O)c3ccc(F)cc3)c2)c(C)c1. The first kappa shape index (κ1) is 24.7. The zero-order valence-corrected chi connectivity index (χ0v) is 19.4. The number of anilines is 1. The number of phenols is 1. The predicted octanol–water partition coefficient (Wildman–Crippen LogP) is 4.27. The van der Waals surface area contributed by atoms with Crippen molar-refractivity contribution in [2.24, 2.45) is 0 Å². The maximum Gasteiger partial charge on any atom is 0.397 e. The van der Waals surface area contributed by atoms with Gasteiger partial charge in [0.05, 0.1) is 11.5 Å². The van der Waals surface area contributed by atoms with E-state index in [1.54, 1.807) is 32.9 Å². The zero-order valence-electron chi connectivity index (χ0n) is 18.6. The van der Waals surface area contributed by atoms with Crippen molar-refractivity contribution >= 4 is 27.4 Å². The maximum absolute atomic E-state index is 13.2. The van der Waals surface area contributed by atoms with Crippen molar-refractivity contribution in [1.29, 1.82) is 0 Å². The number of phenolic OH excluding ortho intramolecular Hbond substituents is 1. The lowest BCUT2D eigenvalue weighted by molar-refractivity contribution is -0.152. The van der Waals surface area contributed by atoms with Crippen molar-refractivity contribution in [1.82, 2.24) is 0 Å². The predicted molar refractivity (Wildman–Crippen MR) is 121 cm³/mol. The molecule has 0 fully saturated rings. The number of carbonyl (C=O) groups excluding carboxylic acids is 2. The molecule has 0 saturated heterocycles. The molecule has 0 aliphatic carbocycles. The van der Waals surface area contributed by atoms with Gasteiger partial charge in [-0.2, -0.15) is 0 Å². The van der Waals surface area contributed by atoms with Gasteiger partial charge in [-0.15, -0.1) is 0 Å². The lowest BCUT2D eigenvalue weighted by Gasteiger charge is -2.15. The van der Waals surface area contributed by atoms with Gasteiger partial charge in [0, 0.05) is 11.8 Å². The number of nitrogens with one attached hydrogen (secondary N) is 1. The molecule has 0 aliphatic heterocycles. The lowest BCUT2D eigenvalue weighted by Crippen LogP contribution is -2.25. The molecule has 178 valence electrons. The van der Waals surface area contributed by atoms with Gasteiger partial charge in [0.1, 0.15) is 28.0 Å². The number of carbonyl (C=O) groups is 2. The van der Waals surface area contributed by atoms with E-state index in [4.69, 9.17) is 4.74 Å². The van der Waals surface area contributed by atoms with Crippen LogP contribution in [-0.2, 0) is 24.2 Å². The summed E-state index contributed by atoms with van der Waals surface area (Å²) in [6.45, 7) is 5.08. The second kappa shape index (κ2) is 9.92. The standard InChI is InChI=1S/C24H22FNO7S/c1-4-32-24(29)23(28)26-17-11-14(2)22(15(3)12-17)33-18-7-10-20(27)21(13-18)34(30,31)19-8-5-16(25)6-9-19/h5-13,27H,4H2,1-3H3,(H,26,28). The van der Waals surface area contributed by atoms with Crippen LogP contribution in [0.3, 0.4) is 0 Å². The van der Waals surface area contributed by atoms with Crippen LogP contribution in [0.1, 0.15) is 18.1 Å². The second-order valence-electron chi connectivity index (χ2n) is 7.30. The van der Waals surface area contributed by atoms with Crippen molar-refractivity contribution in [2.75, 3.05) is 11.9 Å². The highest BCUT2D eigenvalue weighted by Crippen LogP contribution is 2.36. The molecule has 0 heterocycles. The molecule has 34 heavy (non-hydrogen) atoms. The Kier molecular flexibility index (Phi) is 7.21. The van der Waals surface area contributed by atoms with E-state index in [1.165, 1.54) is 18.2 Å². The van der Waals surface area contributed by atoms with E-state index >= 15 is 0 Å². The second-order valence-corrected chi connectivity index (χ2v) is 9.22. The van der Waals surface area contributed by atoms with Gasteiger partial charge in [-0.05, 0) is 80.4 Å². The number of hydrogen-bond donors (Lipinski definition) is 2. The minimum atomic E-state index is -4.14. The molecular weight excluding hydrogens is 465 g/mol. The number of aromatic hydroxyl groups is 1. The van der Waals surface area contributed by atoms with Gasteiger partial charge < -0.3 is 19.9 Å². The number of sulfone groups is 1. The van der Waals surface area contributed by atoms with E-state index in [0.717, 1.165) is 24.3 Å². The molecule has 0 unspecified atom stereocenters. The zero-order chi connectivity index (χ0) is 25.0. The van der Waals surface area contributed by atoms with Crippen LogP contribution in [0.15, 0.2) is 64.4 Å². The summed E-state index contributed by atoms with van der Waals surface area (Å²) >= 11 is 0. The van der Waals surface area contributed by atoms with E-state index in [2.05, 4.69) is 10.1 Å². The maximum atomic E-state index is 13.2. The van der Waals surface area contributed by atoms with E-state index < -0.39 is 38.2 Å². The number of halogens is 1. The fraction of sp³-hybridized carbons (Fsp3) is 0.167. The first-order chi connectivity index (χ1) is 16.0. The van der Waals surface area contributed by atoms with E-state index in [1.807, 2.05) is 0 Å². The molecule has 3 rings (SSSR count). The molecule has 3 aromatic rings. The van der Waals surface area contributed by atoms with Gasteiger partial charge in [-0.25, -0.2) is 17.6 Å². The smallest absolute Gasteiger partial charge is 0.397 e. The molecule has 0 aliphatic rings. The average Bonchev–Trinajstić information content (AvgIpc) is 2.77. The highest BCUT2D eigenvalue weighted by atomic mass is 32.2. The van der Waals surface area contributed by atoms with Crippen LogP contribution in [0.5, 0.6) is 17.2 Å². The molecule has 0 spiro atoms. The summed E-state index contributed by atoms with van der Waals surface area (Å²) in [5.74, 6) is -2.46. The number of aryl methyl sites for hydroxylation is 2. The van der Waals surface area contributed by atoms with Crippen LogP contribution in [0, 0.1) is 19.7 Å². The first-order valence-electron chi connectivity index (χ1n) is 10.1. The molecule has 8 nitrogen and oxygen atoms in total. The van der Waals surface area contributed by atoms with Crippen molar-refractivity contribution in [2.45, 2.75) is 30.6 Å². The Morgan fingerprint density at radius 3 is 2.21 bits per heavy atom. The number of ether oxygens (including phenoxy) is 2. The lowest BCUT2D eigenvalue weighted by atomic mass is 10.1. The highest BCUT2D eigenvalue weighted by molar-refractivity contribution is 7.91. The van der Waals surface area contributed by atoms with Gasteiger partial charge in [-0.1, -0.05) is 0 Å². The molecule has 3 aromatic carbocycles. The van der Waals surface area contributed by atoms with Crippen molar-refractivity contribution in [3.8, 4) is 17.2 Å². The summed E-state index contributed by atoms with van der Waals surface area (Å²) < 4.78 is 49.6. The molecule has 1 amide bonds. The quantitative estimate of drug-likeness (QED) is 0.303. The minimum absolute atomic E-state index is 0.0720. The Morgan fingerprint density at radius 2 is 1.62 bits per heavy atom. The van der Waals surface area contributed by atoms with Gasteiger partial charge in [0.25, 0.3) is 0 Å². The van der Waals surface area contributed by atoms with Gasteiger partial charge in [0.2, 0.25) is 9.84 Å². The van der Waals surface area contributed by atoms with Crippen LogP contribution in [0.2, 0.25) is 0 Å². The summed E-state index contributed by atoms with van der Waals surface area (Å²) in [7, 11) is -4.14. The Bertz CT molecular complexity index is 1330. The monoisotopic (exact) mass is 487 g/mol. The van der Waals surface area contributed by atoms with E-state index in [0.29, 0.717) is 22.6 Å². The van der Waals surface area contributed by atoms with Crippen molar-refractivity contribution in [3.05, 3.63) is 71.5 Å².